The Labute approximate surface area is 161 Å². The van der Waals surface area contributed by atoms with Crippen LogP contribution in [0.1, 0.15) is 10.4 Å². The standard InChI is InChI=1S/C17H21BrN4O3S/c1-26(24,25)11-10-20-6-8-21(9-7-20)17(23)14-2-4-16(5-3-14)22-13-15(18)12-19-22/h2-5,12-13H,6-11H2,1H3. The molecule has 1 saturated heterocycles. The molecule has 3 rings (SSSR count). The molecule has 140 valence electrons. The molecule has 0 unspecified atom stereocenters. The highest BCUT2D eigenvalue weighted by Gasteiger charge is 2.22. The number of piperazine rings is 1. The fourth-order valence-electron chi connectivity index (χ4n) is 2.85. The molecule has 26 heavy (non-hydrogen) atoms. The van der Waals surface area contributed by atoms with Crippen LogP contribution in [0.2, 0.25) is 0 Å². The highest BCUT2D eigenvalue weighted by Crippen LogP contribution is 2.15. The summed E-state index contributed by atoms with van der Waals surface area (Å²) in [7, 11) is -2.95. The van der Waals surface area contributed by atoms with E-state index in [4.69, 9.17) is 0 Å². The SMILES string of the molecule is CS(=O)(=O)CCN1CCN(C(=O)c2ccc(-n3cc(Br)cn3)cc2)CC1. The first-order chi connectivity index (χ1) is 12.3. The molecule has 9 heteroatoms. The third-order valence-electron chi connectivity index (χ3n) is 4.37. The first-order valence-corrected chi connectivity index (χ1v) is 11.2. The van der Waals surface area contributed by atoms with Gasteiger partial charge < -0.3 is 4.90 Å². The first-order valence-electron chi connectivity index (χ1n) is 8.32. The number of carbonyl (C=O) groups is 1. The zero-order chi connectivity index (χ0) is 18.7. The number of aromatic nitrogens is 2. The second kappa shape index (κ2) is 7.89. The van der Waals surface area contributed by atoms with E-state index < -0.39 is 9.84 Å². The van der Waals surface area contributed by atoms with Gasteiger partial charge in [-0.1, -0.05) is 0 Å². The molecule has 0 N–H and O–H groups in total. The molecule has 1 aromatic heterocycles. The molecule has 0 bridgehead atoms. The maximum absolute atomic E-state index is 12.7. The van der Waals surface area contributed by atoms with E-state index in [9.17, 15) is 13.2 Å². The number of sulfone groups is 1. The number of amides is 1. The van der Waals surface area contributed by atoms with Crippen molar-refractivity contribution >= 4 is 31.7 Å². The number of halogens is 1. The maximum Gasteiger partial charge on any atom is 0.253 e. The van der Waals surface area contributed by atoms with Crippen LogP contribution in [0.15, 0.2) is 41.1 Å². The summed E-state index contributed by atoms with van der Waals surface area (Å²) in [6.45, 7) is 3.13. The van der Waals surface area contributed by atoms with Crippen molar-refractivity contribution < 1.29 is 13.2 Å². The second-order valence-corrected chi connectivity index (χ2v) is 9.59. The molecule has 1 aliphatic rings. The zero-order valence-electron chi connectivity index (χ0n) is 14.5. The molecule has 1 aliphatic heterocycles. The van der Waals surface area contributed by atoms with Gasteiger partial charge in [0.1, 0.15) is 9.84 Å². The molecule has 2 aromatic rings. The lowest BCUT2D eigenvalue weighted by Crippen LogP contribution is -2.49. The molecule has 0 spiro atoms. The van der Waals surface area contributed by atoms with Gasteiger partial charge in [-0.05, 0) is 40.2 Å². The first kappa shape index (κ1) is 19.1. The second-order valence-electron chi connectivity index (χ2n) is 6.41. The van der Waals surface area contributed by atoms with Crippen LogP contribution in [-0.4, -0.2) is 78.6 Å². The normalized spacial score (nSPS) is 16.0. The van der Waals surface area contributed by atoms with E-state index in [0.29, 0.717) is 38.3 Å². The minimum atomic E-state index is -2.95. The van der Waals surface area contributed by atoms with Crippen molar-refractivity contribution in [3.63, 3.8) is 0 Å². The summed E-state index contributed by atoms with van der Waals surface area (Å²) in [4.78, 5) is 16.6. The van der Waals surface area contributed by atoms with Crippen LogP contribution in [0.25, 0.3) is 5.69 Å². The quantitative estimate of drug-likeness (QED) is 0.702. The predicted molar refractivity (Wildman–Crippen MR) is 103 cm³/mol. The Morgan fingerprint density at radius 2 is 1.81 bits per heavy atom. The number of hydrogen-bond acceptors (Lipinski definition) is 5. The molecule has 1 fully saturated rings. The lowest BCUT2D eigenvalue weighted by Gasteiger charge is -2.34. The molecule has 0 aliphatic carbocycles. The number of rotatable bonds is 5. The highest BCUT2D eigenvalue weighted by molar-refractivity contribution is 9.10. The van der Waals surface area contributed by atoms with Crippen molar-refractivity contribution in [3.05, 3.63) is 46.7 Å². The number of carbonyl (C=O) groups excluding carboxylic acids is 1. The Balaban J connectivity index is 1.57. The van der Waals surface area contributed by atoms with Crippen molar-refractivity contribution in [1.29, 1.82) is 0 Å². The predicted octanol–water partition coefficient (Wildman–Crippen LogP) is 1.44. The summed E-state index contributed by atoms with van der Waals surface area (Å²) >= 11 is 3.36. The molecule has 1 aromatic carbocycles. The van der Waals surface area contributed by atoms with E-state index in [1.165, 1.54) is 6.26 Å². The van der Waals surface area contributed by atoms with Crippen molar-refractivity contribution in [3.8, 4) is 5.69 Å². The van der Waals surface area contributed by atoms with Gasteiger partial charge in [0.15, 0.2) is 0 Å². The molecule has 0 saturated carbocycles. The third kappa shape index (κ3) is 4.93. The van der Waals surface area contributed by atoms with Gasteiger partial charge in [-0.15, -0.1) is 0 Å². The lowest BCUT2D eigenvalue weighted by atomic mass is 10.1. The van der Waals surface area contributed by atoms with Gasteiger partial charge in [0.25, 0.3) is 5.91 Å². The summed E-state index contributed by atoms with van der Waals surface area (Å²) in [6, 6.07) is 7.36. The molecule has 1 amide bonds. The van der Waals surface area contributed by atoms with Crippen molar-refractivity contribution in [2.24, 2.45) is 0 Å². The Hall–Kier alpha value is -1.71. The maximum atomic E-state index is 12.7. The van der Waals surface area contributed by atoms with Crippen LogP contribution in [0.3, 0.4) is 0 Å². The Morgan fingerprint density at radius 1 is 1.15 bits per heavy atom. The zero-order valence-corrected chi connectivity index (χ0v) is 16.9. The van der Waals surface area contributed by atoms with Gasteiger partial charge in [0.05, 0.1) is 22.1 Å². The van der Waals surface area contributed by atoms with Gasteiger partial charge in [-0.25, -0.2) is 13.1 Å². The molecule has 0 radical (unpaired) electrons. The summed E-state index contributed by atoms with van der Waals surface area (Å²) < 4.78 is 25.2. The van der Waals surface area contributed by atoms with Gasteiger partial charge in [0.2, 0.25) is 0 Å². The Kier molecular flexibility index (Phi) is 5.79. The van der Waals surface area contributed by atoms with Crippen LogP contribution in [0.5, 0.6) is 0 Å². The van der Waals surface area contributed by atoms with Crippen LogP contribution in [-0.2, 0) is 9.84 Å². The van der Waals surface area contributed by atoms with Crippen LogP contribution < -0.4 is 0 Å². The molecular formula is C17H21BrN4O3S. The monoisotopic (exact) mass is 440 g/mol. The average molecular weight is 441 g/mol. The average Bonchev–Trinajstić information content (AvgIpc) is 3.06. The molecule has 2 heterocycles. The van der Waals surface area contributed by atoms with Crippen LogP contribution >= 0.6 is 15.9 Å². The van der Waals surface area contributed by atoms with Crippen molar-refractivity contribution in [2.45, 2.75) is 0 Å². The van der Waals surface area contributed by atoms with Crippen LogP contribution in [0.4, 0.5) is 0 Å². The Bertz CT molecular complexity index is 872. The van der Waals surface area contributed by atoms with E-state index in [1.807, 2.05) is 35.4 Å². The minimum absolute atomic E-state index is 0.000888. The van der Waals surface area contributed by atoms with Gasteiger partial charge in [0, 0.05) is 50.7 Å². The summed E-state index contributed by atoms with van der Waals surface area (Å²) in [5, 5.41) is 4.22. The highest BCUT2D eigenvalue weighted by atomic mass is 79.9. The molecule has 7 nitrogen and oxygen atoms in total. The van der Waals surface area contributed by atoms with E-state index in [2.05, 4.69) is 25.9 Å². The largest absolute Gasteiger partial charge is 0.336 e. The third-order valence-corrected chi connectivity index (χ3v) is 5.70. The molecule has 0 atom stereocenters. The van der Waals surface area contributed by atoms with Crippen LogP contribution in [0, 0.1) is 0 Å². The topological polar surface area (TPSA) is 75.5 Å². The molecular weight excluding hydrogens is 420 g/mol. The fourth-order valence-corrected chi connectivity index (χ4v) is 3.73. The minimum Gasteiger partial charge on any atom is -0.336 e. The summed E-state index contributed by atoms with van der Waals surface area (Å²) in [5.41, 5.74) is 1.53. The van der Waals surface area contributed by atoms with Crippen molar-refractivity contribution in [1.82, 2.24) is 19.6 Å². The van der Waals surface area contributed by atoms with Crippen molar-refractivity contribution in [2.75, 3.05) is 44.7 Å². The Morgan fingerprint density at radius 3 is 2.35 bits per heavy atom. The summed E-state index contributed by atoms with van der Waals surface area (Å²) in [6.07, 6.45) is 4.81. The lowest BCUT2D eigenvalue weighted by molar-refractivity contribution is 0.0644. The number of hydrogen-bond donors (Lipinski definition) is 0. The summed E-state index contributed by atoms with van der Waals surface area (Å²) in [5.74, 6) is 0.160. The van der Waals surface area contributed by atoms with E-state index >= 15 is 0 Å². The van der Waals surface area contributed by atoms with Gasteiger partial charge in [-0.2, -0.15) is 5.10 Å². The number of benzene rings is 1. The van der Waals surface area contributed by atoms with Gasteiger partial charge >= 0.3 is 0 Å². The fraction of sp³-hybridized carbons (Fsp3) is 0.412. The van der Waals surface area contributed by atoms with Gasteiger partial charge in [-0.3, -0.25) is 9.69 Å². The van der Waals surface area contributed by atoms with E-state index in [1.54, 1.807) is 10.9 Å². The van der Waals surface area contributed by atoms with E-state index in [-0.39, 0.29) is 11.7 Å². The number of nitrogens with zero attached hydrogens (tertiary/aromatic N) is 4. The van der Waals surface area contributed by atoms with E-state index in [0.717, 1.165) is 10.2 Å². The smallest absolute Gasteiger partial charge is 0.253 e.